The van der Waals surface area contributed by atoms with Crippen LogP contribution in [-0.2, 0) is 34.0 Å². The highest BCUT2D eigenvalue weighted by Crippen LogP contribution is 2.34. The number of hydrogen-bond acceptors (Lipinski definition) is 6. The van der Waals surface area contributed by atoms with E-state index in [1.54, 1.807) is 18.2 Å². The Morgan fingerprint density at radius 3 is 2.67 bits per heavy atom. The molecule has 2 fully saturated rings. The van der Waals surface area contributed by atoms with Crippen LogP contribution < -0.4 is 10.0 Å². The van der Waals surface area contributed by atoms with Gasteiger partial charge in [0.2, 0.25) is 11.8 Å². The number of piperidine rings is 1. The van der Waals surface area contributed by atoms with Crippen molar-refractivity contribution in [2.75, 3.05) is 26.3 Å². The van der Waals surface area contributed by atoms with Crippen LogP contribution in [0.25, 0.3) is 0 Å². The number of benzene rings is 2. The zero-order chi connectivity index (χ0) is 26.4. The predicted octanol–water partition coefficient (Wildman–Crippen LogP) is 1.86. The van der Waals surface area contributed by atoms with Crippen LogP contribution in [0.5, 0.6) is 5.75 Å². The van der Waals surface area contributed by atoms with Crippen molar-refractivity contribution in [3.05, 3.63) is 64.7 Å². The molecule has 0 aliphatic carbocycles. The van der Waals surface area contributed by atoms with Gasteiger partial charge in [0.05, 0.1) is 21.1 Å². The van der Waals surface area contributed by atoms with E-state index in [4.69, 9.17) is 15.0 Å². The zero-order valence-corrected chi connectivity index (χ0v) is 18.1. The predicted molar refractivity (Wildman–Crippen MR) is 119 cm³/mol. The summed E-state index contributed by atoms with van der Waals surface area (Å²) in [5.74, 6) is -2.83. The van der Waals surface area contributed by atoms with Gasteiger partial charge in [-0.25, -0.2) is 0 Å². The Morgan fingerprint density at radius 2 is 1.88 bits per heavy atom. The SMILES string of the molecule is [2H]N1C(=O)C([2H])([2H])CC([2H])(N2Cc3c(OCc4ccc(CN5CCOCC5)cc4)cccc3C2=O)C1=O. The third kappa shape index (κ3) is 4.62. The van der Waals surface area contributed by atoms with Gasteiger partial charge in [0.1, 0.15) is 18.4 Å². The maximum absolute atomic E-state index is 13.2. The highest BCUT2D eigenvalue weighted by atomic mass is 16.5. The summed E-state index contributed by atoms with van der Waals surface area (Å²) in [6.45, 7) is 4.23. The summed E-state index contributed by atoms with van der Waals surface area (Å²) in [7, 11) is 0. The summed E-state index contributed by atoms with van der Waals surface area (Å²) in [5, 5.41) is -0.146. The van der Waals surface area contributed by atoms with Crippen molar-refractivity contribution in [2.45, 2.75) is 38.5 Å². The number of nitrogens with zero attached hydrogens (tertiary/aromatic N) is 2. The van der Waals surface area contributed by atoms with Crippen LogP contribution >= 0.6 is 0 Å². The van der Waals surface area contributed by atoms with Crippen molar-refractivity contribution >= 4 is 17.7 Å². The molecule has 33 heavy (non-hydrogen) atoms. The van der Waals surface area contributed by atoms with Crippen LogP contribution in [0, 0.1) is 0 Å². The minimum absolute atomic E-state index is 0.146. The van der Waals surface area contributed by atoms with E-state index in [2.05, 4.69) is 17.0 Å². The molecular formula is C25H27N3O5. The monoisotopic (exact) mass is 453 g/mol. The van der Waals surface area contributed by atoms with Crippen LogP contribution in [-0.4, -0.2) is 59.8 Å². The zero-order valence-electron chi connectivity index (χ0n) is 22.1. The van der Waals surface area contributed by atoms with Gasteiger partial charge in [-0.05, 0) is 29.7 Å². The fourth-order valence-corrected chi connectivity index (χ4v) is 4.22. The van der Waals surface area contributed by atoms with Gasteiger partial charge in [0, 0.05) is 39.9 Å². The molecule has 2 aromatic carbocycles. The Bertz CT molecular complexity index is 1240. The van der Waals surface area contributed by atoms with Crippen molar-refractivity contribution in [1.82, 2.24) is 15.1 Å². The number of nitrogens with one attached hydrogen (secondary N) is 1. The molecular weight excluding hydrogens is 422 g/mol. The van der Waals surface area contributed by atoms with E-state index in [1.807, 2.05) is 12.1 Å². The lowest BCUT2D eigenvalue weighted by molar-refractivity contribution is -0.136. The van der Waals surface area contributed by atoms with Crippen molar-refractivity contribution in [3.8, 4) is 5.75 Å². The van der Waals surface area contributed by atoms with E-state index in [0.29, 0.717) is 11.3 Å². The Morgan fingerprint density at radius 1 is 1.12 bits per heavy atom. The molecule has 1 atom stereocenters. The van der Waals surface area contributed by atoms with Crippen LogP contribution in [0.3, 0.4) is 0 Å². The first-order chi connectivity index (χ1) is 17.6. The third-order valence-corrected chi connectivity index (χ3v) is 6.03. The fourth-order valence-electron chi connectivity index (χ4n) is 4.22. The minimum Gasteiger partial charge on any atom is -0.489 e. The lowest BCUT2D eigenvalue weighted by Crippen LogP contribution is -2.52. The molecule has 5 rings (SSSR count). The van der Waals surface area contributed by atoms with Gasteiger partial charge in [0.25, 0.3) is 5.91 Å². The molecule has 0 spiro atoms. The van der Waals surface area contributed by atoms with Gasteiger partial charge in [-0.2, -0.15) is 0 Å². The van der Waals surface area contributed by atoms with Crippen LogP contribution in [0.15, 0.2) is 42.5 Å². The largest absolute Gasteiger partial charge is 0.489 e. The summed E-state index contributed by atoms with van der Waals surface area (Å²) in [6, 6.07) is 10.5. The highest BCUT2D eigenvalue weighted by molar-refractivity contribution is 6.05. The number of amides is 3. The number of ether oxygens (including phenoxy) is 2. The smallest absolute Gasteiger partial charge is 0.255 e. The van der Waals surface area contributed by atoms with Crippen molar-refractivity contribution < 1.29 is 29.4 Å². The van der Waals surface area contributed by atoms with Crippen LogP contribution in [0.1, 0.15) is 44.0 Å². The first-order valence-corrected chi connectivity index (χ1v) is 10.9. The molecule has 3 amide bonds. The van der Waals surface area contributed by atoms with Crippen LogP contribution in [0.2, 0.25) is 1.41 Å². The molecule has 1 N–H and O–H groups in total. The quantitative estimate of drug-likeness (QED) is 0.672. The average Bonchev–Trinajstić information content (AvgIpc) is 3.24. The van der Waals surface area contributed by atoms with Crippen LogP contribution in [0.4, 0.5) is 0 Å². The molecule has 1 unspecified atom stereocenters. The maximum atomic E-state index is 13.2. The normalized spacial score (nSPS) is 27.0. The van der Waals surface area contributed by atoms with E-state index in [1.165, 1.54) is 5.56 Å². The molecule has 0 radical (unpaired) electrons. The van der Waals surface area contributed by atoms with Crippen molar-refractivity contribution in [2.24, 2.45) is 0 Å². The second-order valence-electron chi connectivity index (χ2n) is 8.19. The number of morpholine rings is 1. The highest BCUT2D eigenvalue weighted by Gasteiger charge is 2.40. The summed E-state index contributed by atoms with van der Waals surface area (Å²) < 4.78 is 43.6. The molecule has 0 aromatic heterocycles. The maximum Gasteiger partial charge on any atom is 0.255 e. The lowest BCUT2D eigenvalue weighted by atomic mass is 10.0. The summed E-state index contributed by atoms with van der Waals surface area (Å²) >= 11 is 0. The average molecular weight is 454 g/mol. The molecule has 3 aliphatic heterocycles. The van der Waals surface area contributed by atoms with E-state index in [-0.39, 0.29) is 24.0 Å². The molecule has 2 saturated heterocycles. The number of carbonyl (C=O) groups excluding carboxylic acids is 3. The van der Waals surface area contributed by atoms with Gasteiger partial charge in [-0.15, -0.1) is 0 Å². The first-order valence-electron chi connectivity index (χ1n) is 12.9. The standard InChI is InChI=1S/C25H27N3O5/c29-23-9-8-21(24(30)26-23)28-15-20-19(25(28)31)2-1-3-22(20)33-16-18-6-4-17(5-7-18)14-27-10-12-32-13-11-27/h1-7,21H,8-16H2,(H,26,29,30)/i9D2,21D/hD. The van der Waals surface area contributed by atoms with Gasteiger partial charge in [-0.1, -0.05) is 30.3 Å². The molecule has 0 saturated carbocycles. The number of carbonyl (C=O) groups is 3. The molecule has 3 aliphatic rings. The number of fused-ring (bicyclic) bond motifs is 1. The molecule has 172 valence electrons. The van der Waals surface area contributed by atoms with Gasteiger partial charge >= 0.3 is 0 Å². The van der Waals surface area contributed by atoms with E-state index >= 15 is 0 Å². The van der Waals surface area contributed by atoms with E-state index in [0.717, 1.165) is 43.3 Å². The van der Waals surface area contributed by atoms with E-state index in [9.17, 15) is 14.4 Å². The number of imide groups is 1. The number of hydrogen-bond donors (Lipinski definition) is 1. The molecule has 3 heterocycles. The topological polar surface area (TPSA) is 88.2 Å². The Balaban J connectivity index is 1.29. The number of rotatable bonds is 6. The molecule has 8 heteroatoms. The third-order valence-electron chi connectivity index (χ3n) is 6.03. The molecule has 8 nitrogen and oxygen atoms in total. The Labute approximate surface area is 198 Å². The Hall–Kier alpha value is -3.23. The van der Waals surface area contributed by atoms with Gasteiger partial charge in [0.15, 0.2) is 1.41 Å². The Kier molecular flexibility index (Phi) is 4.88. The second-order valence-corrected chi connectivity index (χ2v) is 8.19. The molecule has 0 bridgehead atoms. The summed E-state index contributed by atoms with van der Waals surface area (Å²) in [6.07, 6.45) is -3.47. The summed E-state index contributed by atoms with van der Waals surface area (Å²) in [5.41, 5.74) is 2.84. The second kappa shape index (κ2) is 9.33. The van der Waals surface area contributed by atoms with Gasteiger partial charge in [-0.3, -0.25) is 24.6 Å². The van der Waals surface area contributed by atoms with Gasteiger partial charge < -0.3 is 14.4 Å². The van der Waals surface area contributed by atoms with E-state index < -0.39 is 36.5 Å². The lowest BCUT2D eigenvalue weighted by Gasteiger charge is -2.29. The van der Waals surface area contributed by atoms with Crippen molar-refractivity contribution in [1.29, 1.82) is 0 Å². The summed E-state index contributed by atoms with van der Waals surface area (Å²) in [4.78, 5) is 41.1. The first kappa shape index (κ1) is 17.3. The molecule has 2 aromatic rings. The fraction of sp³-hybridized carbons (Fsp3) is 0.400. The minimum atomic E-state index is -2.63. The van der Waals surface area contributed by atoms with Crippen molar-refractivity contribution in [3.63, 3.8) is 0 Å².